The molecule has 0 unspecified atom stereocenters. The lowest BCUT2D eigenvalue weighted by Gasteiger charge is -2.36. The minimum Gasteiger partial charge on any atom is -0.369 e. The van der Waals surface area contributed by atoms with Crippen molar-refractivity contribution in [1.29, 1.82) is 0 Å². The maximum atomic E-state index is 12.1. The second kappa shape index (κ2) is 10.1. The van der Waals surface area contributed by atoms with Crippen molar-refractivity contribution in [1.82, 2.24) is 15.5 Å². The van der Waals surface area contributed by atoms with Crippen molar-refractivity contribution in [2.75, 3.05) is 37.6 Å². The minimum atomic E-state index is -0.0954. The second-order valence-electron chi connectivity index (χ2n) is 7.67. The number of piperazine rings is 1. The average molecular weight is 381 g/mol. The molecule has 3 rings (SSSR count). The van der Waals surface area contributed by atoms with Crippen LogP contribution in [0.2, 0.25) is 0 Å². The van der Waals surface area contributed by atoms with E-state index in [4.69, 9.17) is 0 Å². The van der Waals surface area contributed by atoms with Crippen molar-refractivity contribution in [3.63, 3.8) is 0 Å². The van der Waals surface area contributed by atoms with E-state index in [0.717, 1.165) is 44.7 Å². The maximum Gasteiger partial charge on any atom is 0.315 e. The van der Waals surface area contributed by atoms with Crippen LogP contribution in [-0.2, 0) is 6.54 Å². The number of aryl methyl sites for hydroxylation is 1. The van der Waals surface area contributed by atoms with Gasteiger partial charge in [0.05, 0.1) is 0 Å². The first-order valence-electron chi connectivity index (χ1n) is 10.2. The van der Waals surface area contributed by atoms with Gasteiger partial charge in [-0.15, -0.1) is 0 Å². The van der Waals surface area contributed by atoms with Gasteiger partial charge in [-0.3, -0.25) is 4.90 Å². The first-order chi connectivity index (χ1) is 13.6. The molecule has 0 bridgehead atoms. The highest BCUT2D eigenvalue weighted by Crippen LogP contribution is 2.15. The summed E-state index contributed by atoms with van der Waals surface area (Å²) in [5.41, 5.74) is 3.65. The Balaban J connectivity index is 1.31. The second-order valence-corrected chi connectivity index (χ2v) is 7.67. The Hall–Kier alpha value is -2.53. The third-order valence-electron chi connectivity index (χ3n) is 5.32. The summed E-state index contributed by atoms with van der Waals surface area (Å²) in [5.74, 6) is 0. The first kappa shape index (κ1) is 20.2. The fourth-order valence-electron chi connectivity index (χ4n) is 3.48. The van der Waals surface area contributed by atoms with Crippen LogP contribution in [0.1, 0.15) is 24.5 Å². The summed E-state index contributed by atoms with van der Waals surface area (Å²) in [7, 11) is 0. The number of anilines is 1. The van der Waals surface area contributed by atoms with Crippen LogP contribution in [0, 0.1) is 6.92 Å². The van der Waals surface area contributed by atoms with Gasteiger partial charge < -0.3 is 15.5 Å². The number of amides is 2. The summed E-state index contributed by atoms with van der Waals surface area (Å²) in [6.45, 7) is 9.97. The molecule has 0 aromatic heterocycles. The zero-order valence-electron chi connectivity index (χ0n) is 17.0. The molecular formula is C23H32N4O. The normalized spacial score (nSPS) is 15.9. The molecule has 5 heteroatoms. The summed E-state index contributed by atoms with van der Waals surface area (Å²) >= 11 is 0. The highest BCUT2D eigenvalue weighted by atomic mass is 16.2. The Morgan fingerprint density at radius 1 is 1.00 bits per heavy atom. The molecule has 2 N–H and O–H groups in total. The number of benzene rings is 2. The van der Waals surface area contributed by atoms with Crippen molar-refractivity contribution in [2.24, 2.45) is 0 Å². The number of rotatable bonds is 7. The molecule has 1 aliphatic heterocycles. The van der Waals surface area contributed by atoms with Gasteiger partial charge in [0.15, 0.2) is 0 Å². The third-order valence-corrected chi connectivity index (χ3v) is 5.32. The number of urea groups is 1. The van der Waals surface area contributed by atoms with E-state index < -0.39 is 0 Å². The molecule has 150 valence electrons. The molecule has 5 nitrogen and oxygen atoms in total. The monoisotopic (exact) mass is 380 g/mol. The molecule has 0 saturated carbocycles. The molecule has 28 heavy (non-hydrogen) atoms. The van der Waals surface area contributed by atoms with E-state index in [0.29, 0.717) is 6.54 Å². The van der Waals surface area contributed by atoms with Crippen LogP contribution in [0.4, 0.5) is 10.5 Å². The van der Waals surface area contributed by atoms with Crippen molar-refractivity contribution in [3.8, 4) is 0 Å². The van der Waals surface area contributed by atoms with Crippen molar-refractivity contribution >= 4 is 11.7 Å². The summed E-state index contributed by atoms with van der Waals surface area (Å²) in [5, 5.41) is 5.99. The van der Waals surface area contributed by atoms with Gasteiger partial charge in [0.1, 0.15) is 0 Å². The smallest absolute Gasteiger partial charge is 0.315 e. The van der Waals surface area contributed by atoms with Gasteiger partial charge in [0.2, 0.25) is 0 Å². The molecule has 1 heterocycles. The molecule has 1 saturated heterocycles. The molecule has 1 fully saturated rings. The van der Waals surface area contributed by atoms with Crippen LogP contribution in [-0.4, -0.2) is 49.7 Å². The Morgan fingerprint density at radius 3 is 2.36 bits per heavy atom. The van der Waals surface area contributed by atoms with Crippen molar-refractivity contribution in [3.05, 3.63) is 65.7 Å². The van der Waals surface area contributed by atoms with Crippen LogP contribution in [0.5, 0.6) is 0 Å². The Kier molecular flexibility index (Phi) is 7.31. The van der Waals surface area contributed by atoms with E-state index in [2.05, 4.69) is 76.7 Å². The van der Waals surface area contributed by atoms with Crippen molar-refractivity contribution < 1.29 is 4.79 Å². The molecule has 0 radical (unpaired) electrons. The molecular weight excluding hydrogens is 348 g/mol. The molecule has 1 atom stereocenters. The Bertz CT molecular complexity index is 724. The summed E-state index contributed by atoms with van der Waals surface area (Å²) in [6.07, 6.45) is 0.962. The summed E-state index contributed by atoms with van der Waals surface area (Å²) in [6, 6.07) is 18.9. The van der Waals surface area contributed by atoms with Crippen LogP contribution >= 0.6 is 0 Å². The topological polar surface area (TPSA) is 47.6 Å². The van der Waals surface area contributed by atoms with Crippen LogP contribution in [0.15, 0.2) is 54.6 Å². The highest BCUT2D eigenvalue weighted by molar-refractivity contribution is 5.74. The van der Waals surface area contributed by atoms with Gasteiger partial charge in [-0.25, -0.2) is 4.79 Å². The van der Waals surface area contributed by atoms with E-state index >= 15 is 0 Å². The zero-order chi connectivity index (χ0) is 19.8. The molecule has 2 aromatic carbocycles. The maximum absolute atomic E-state index is 12.1. The fraction of sp³-hybridized carbons (Fsp3) is 0.435. The van der Waals surface area contributed by atoms with Crippen LogP contribution < -0.4 is 15.5 Å². The number of nitrogens with one attached hydrogen (secondary N) is 2. The summed E-state index contributed by atoms with van der Waals surface area (Å²) < 4.78 is 0. The lowest BCUT2D eigenvalue weighted by Crippen LogP contribution is -2.48. The summed E-state index contributed by atoms with van der Waals surface area (Å²) in [4.78, 5) is 17.0. The van der Waals surface area contributed by atoms with E-state index in [1.165, 1.54) is 11.3 Å². The van der Waals surface area contributed by atoms with E-state index in [1.807, 2.05) is 12.1 Å². The first-order valence-corrected chi connectivity index (χ1v) is 10.2. The van der Waals surface area contributed by atoms with E-state index in [-0.39, 0.29) is 12.1 Å². The average Bonchev–Trinajstić information content (AvgIpc) is 2.73. The number of para-hydroxylation sites is 1. The highest BCUT2D eigenvalue weighted by Gasteiger charge is 2.17. The molecule has 2 aromatic rings. The van der Waals surface area contributed by atoms with Gasteiger partial charge in [-0.2, -0.15) is 0 Å². The number of carbonyl (C=O) groups is 1. The number of nitrogens with zero attached hydrogens (tertiary/aromatic N) is 2. The number of hydrogen-bond acceptors (Lipinski definition) is 3. The van der Waals surface area contributed by atoms with Crippen LogP contribution in [0.25, 0.3) is 0 Å². The lowest BCUT2D eigenvalue weighted by molar-refractivity contribution is 0.227. The molecule has 2 amide bonds. The van der Waals surface area contributed by atoms with E-state index in [9.17, 15) is 4.79 Å². The Morgan fingerprint density at radius 2 is 1.68 bits per heavy atom. The van der Waals surface area contributed by atoms with Crippen LogP contribution in [0.3, 0.4) is 0 Å². The third kappa shape index (κ3) is 6.27. The van der Waals surface area contributed by atoms with Gasteiger partial charge in [-0.1, -0.05) is 48.0 Å². The molecule has 1 aliphatic rings. The van der Waals surface area contributed by atoms with Gasteiger partial charge in [0.25, 0.3) is 0 Å². The standard InChI is InChI=1S/C23H32N4O/c1-19-8-10-21(11-9-19)18-24-23(28)25-20(2)12-13-26-14-16-27(17-15-26)22-6-4-3-5-7-22/h3-11,20H,12-18H2,1-2H3,(H2,24,25,28)/t20-/m0/s1. The SMILES string of the molecule is Cc1ccc(CNC(=O)N[C@@H](C)CCN2CCN(c3ccccc3)CC2)cc1. The predicted molar refractivity (Wildman–Crippen MR) is 116 cm³/mol. The fourth-order valence-corrected chi connectivity index (χ4v) is 3.48. The Labute approximate surface area is 168 Å². The van der Waals surface area contributed by atoms with E-state index in [1.54, 1.807) is 0 Å². The van der Waals surface area contributed by atoms with Crippen molar-refractivity contribution in [2.45, 2.75) is 32.9 Å². The predicted octanol–water partition coefficient (Wildman–Crippen LogP) is 3.40. The van der Waals surface area contributed by atoms with Gasteiger partial charge >= 0.3 is 6.03 Å². The number of carbonyl (C=O) groups excluding carboxylic acids is 1. The number of hydrogen-bond donors (Lipinski definition) is 2. The quantitative estimate of drug-likeness (QED) is 0.774. The zero-order valence-corrected chi connectivity index (χ0v) is 17.0. The van der Waals surface area contributed by atoms with Gasteiger partial charge in [0, 0.05) is 51.0 Å². The van der Waals surface area contributed by atoms with Gasteiger partial charge in [-0.05, 0) is 38.0 Å². The minimum absolute atomic E-state index is 0.0954. The molecule has 0 aliphatic carbocycles. The lowest BCUT2D eigenvalue weighted by atomic mass is 10.1. The molecule has 0 spiro atoms. The largest absolute Gasteiger partial charge is 0.369 e.